The Morgan fingerprint density at radius 1 is 1.17 bits per heavy atom. The summed E-state index contributed by atoms with van der Waals surface area (Å²) in [5.74, 6) is 1.97. The zero-order valence-electron chi connectivity index (χ0n) is 16.4. The predicted octanol–water partition coefficient (Wildman–Crippen LogP) is 0.635. The lowest BCUT2D eigenvalue weighted by Gasteiger charge is -2.33. The van der Waals surface area contributed by atoms with E-state index >= 15 is 0 Å². The van der Waals surface area contributed by atoms with E-state index in [2.05, 4.69) is 21.5 Å². The highest BCUT2D eigenvalue weighted by Crippen LogP contribution is 2.31. The molecule has 3 aliphatic heterocycles. The molecule has 2 fully saturated rings. The Bertz CT molecular complexity index is 869. The number of benzene rings is 1. The van der Waals surface area contributed by atoms with Gasteiger partial charge in [-0.1, -0.05) is 24.1 Å². The zero-order valence-corrected chi connectivity index (χ0v) is 16.4. The average Bonchev–Trinajstić information content (AvgIpc) is 3.06. The quantitative estimate of drug-likeness (QED) is 0.566. The van der Waals surface area contributed by atoms with Crippen molar-refractivity contribution in [2.75, 3.05) is 19.6 Å². The number of nitrogens with one attached hydrogen (secondary N) is 2. The molecule has 1 unspecified atom stereocenters. The molecule has 7 nitrogen and oxygen atoms in total. The lowest BCUT2D eigenvalue weighted by atomic mass is 9.99. The van der Waals surface area contributed by atoms with Crippen molar-refractivity contribution in [2.24, 2.45) is 0 Å². The minimum Gasteiger partial charge on any atom is -0.322 e. The lowest BCUT2D eigenvalue weighted by molar-refractivity contribution is -0.136. The first-order valence-electron chi connectivity index (χ1n) is 10.2. The molecule has 29 heavy (non-hydrogen) atoms. The van der Waals surface area contributed by atoms with Gasteiger partial charge in [0.1, 0.15) is 6.04 Å². The van der Waals surface area contributed by atoms with Crippen LogP contribution in [0.2, 0.25) is 0 Å². The van der Waals surface area contributed by atoms with Crippen molar-refractivity contribution >= 4 is 17.7 Å². The molecule has 0 aromatic heterocycles. The lowest BCUT2D eigenvalue weighted by Crippen LogP contribution is -2.52. The Morgan fingerprint density at radius 2 is 1.97 bits per heavy atom. The summed E-state index contributed by atoms with van der Waals surface area (Å²) in [5, 5.41) is 5.72. The standard InChI is InChI=1S/C22H26N4O3/c1-2-12-25(17-8-10-23-11-9-17)13-15-4-3-5-16-14-26(22(29)20(15)16)18-6-7-19(27)24-21(18)28/h1,3-5,17-18,23H,6-14H2,(H,24,27,28). The molecule has 0 aliphatic carbocycles. The summed E-state index contributed by atoms with van der Waals surface area (Å²) in [6.07, 6.45) is 8.32. The predicted molar refractivity (Wildman–Crippen MR) is 108 cm³/mol. The Hall–Kier alpha value is -2.69. The van der Waals surface area contributed by atoms with Gasteiger partial charge >= 0.3 is 0 Å². The number of carbonyl (C=O) groups excluding carboxylic acids is 3. The molecule has 152 valence electrons. The van der Waals surface area contributed by atoms with E-state index in [4.69, 9.17) is 6.42 Å². The smallest absolute Gasteiger partial charge is 0.255 e. The number of rotatable bonds is 5. The summed E-state index contributed by atoms with van der Waals surface area (Å²) in [5.41, 5.74) is 2.58. The van der Waals surface area contributed by atoms with Crippen LogP contribution >= 0.6 is 0 Å². The van der Waals surface area contributed by atoms with Crippen molar-refractivity contribution in [1.82, 2.24) is 20.4 Å². The van der Waals surface area contributed by atoms with Crippen LogP contribution in [-0.4, -0.2) is 59.2 Å². The van der Waals surface area contributed by atoms with Gasteiger partial charge in [0.25, 0.3) is 5.91 Å². The van der Waals surface area contributed by atoms with E-state index in [0.29, 0.717) is 37.7 Å². The van der Waals surface area contributed by atoms with Crippen LogP contribution in [-0.2, 0) is 22.7 Å². The van der Waals surface area contributed by atoms with Gasteiger partial charge in [-0.2, -0.15) is 0 Å². The Kier molecular flexibility index (Phi) is 5.65. The fraction of sp³-hybridized carbons (Fsp3) is 0.500. The first-order chi connectivity index (χ1) is 14.1. The maximum Gasteiger partial charge on any atom is 0.255 e. The molecule has 3 amide bonds. The molecule has 2 N–H and O–H groups in total. The second-order valence-corrected chi connectivity index (χ2v) is 7.94. The highest BCUT2D eigenvalue weighted by atomic mass is 16.2. The van der Waals surface area contributed by atoms with Crippen LogP contribution in [0.5, 0.6) is 0 Å². The molecule has 1 aromatic carbocycles. The maximum absolute atomic E-state index is 13.3. The topological polar surface area (TPSA) is 81.8 Å². The fourth-order valence-electron chi connectivity index (χ4n) is 4.64. The third kappa shape index (κ3) is 3.91. The minimum absolute atomic E-state index is 0.129. The summed E-state index contributed by atoms with van der Waals surface area (Å²) in [6.45, 7) is 3.50. The van der Waals surface area contributed by atoms with Crippen LogP contribution in [0.1, 0.15) is 47.2 Å². The van der Waals surface area contributed by atoms with Crippen LogP contribution in [0.4, 0.5) is 0 Å². The van der Waals surface area contributed by atoms with Gasteiger partial charge in [-0.15, -0.1) is 6.42 Å². The summed E-state index contributed by atoms with van der Waals surface area (Å²) < 4.78 is 0. The molecule has 4 rings (SSSR count). The second-order valence-electron chi connectivity index (χ2n) is 7.94. The molecule has 3 aliphatic rings. The number of imide groups is 1. The van der Waals surface area contributed by atoms with Crippen LogP contribution in [0.3, 0.4) is 0 Å². The largest absolute Gasteiger partial charge is 0.322 e. The van der Waals surface area contributed by atoms with Gasteiger partial charge in [-0.25, -0.2) is 0 Å². The summed E-state index contributed by atoms with van der Waals surface area (Å²) in [6, 6.07) is 5.69. The van der Waals surface area contributed by atoms with Gasteiger partial charge in [0.2, 0.25) is 11.8 Å². The van der Waals surface area contributed by atoms with Crippen molar-refractivity contribution in [3.63, 3.8) is 0 Å². The van der Waals surface area contributed by atoms with Gasteiger partial charge in [0, 0.05) is 31.1 Å². The van der Waals surface area contributed by atoms with E-state index in [0.717, 1.165) is 37.1 Å². The zero-order chi connectivity index (χ0) is 20.4. The van der Waals surface area contributed by atoms with E-state index in [1.807, 2.05) is 18.2 Å². The molecular weight excluding hydrogens is 368 g/mol. The Labute approximate surface area is 170 Å². The van der Waals surface area contributed by atoms with Crippen LogP contribution in [0.15, 0.2) is 18.2 Å². The molecule has 0 bridgehead atoms. The normalized spacial score (nSPS) is 22.6. The number of hydrogen-bond acceptors (Lipinski definition) is 5. The monoisotopic (exact) mass is 394 g/mol. The first-order valence-corrected chi connectivity index (χ1v) is 10.2. The third-order valence-electron chi connectivity index (χ3n) is 6.13. The Balaban J connectivity index is 1.56. The third-order valence-corrected chi connectivity index (χ3v) is 6.13. The van der Waals surface area contributed by atoms with Crippen molar-refractivity contribution < 1.29 is 14.4 Å². The van der Waals surface area contributed by atoms with Crippen molar-refractivity contribution in [3.05, 3.63) is 34.9 Å². The number of piperidine rings is 2. The van der Waals surface area contributed by atoms with Crippen molar-refractivity contribution in [2.45, 2.75) is 50.9 Å². The highest BCUT2D eigenvalue weighted by Gasteiger charge is 2.40. The van der Waals surface area contributed by atoms with Crippen molar-refractivity contribution in [1.29, 1.82) is 0 Å². The number of nitrogens with zero attached hydrogens (tertiary/aromatic N) is 2. The van der Waals surface area contributed by atoms with E-state index in [1.165, 1.54) is 0 Å². The number of carbonyl (C=O) groups is 3. The van der Waals surface area contributed by atoms with E-state index < -0.39 is 6.04 Å². The molecule has 0 saturated carbocycles. The van der Waals surface area contributed by atoms with E-state index in [-0.39, 0.29) is 24.1 Å². The maximum atomic E-state index is 13.3. The SMILES string of the molecule is C#CCN(Cc1cccc2c1C(=O)N(C1CCC(=O)NC1=O)C2)C1CCNCC1. The summed E-state index contributed by atoms with van der Waals surface area (Å²) in [4.78, 5) is 40.9. The fourth-order valence-corrected chi connectivity index (χ4v) is 4.64. The number of hydrogen-bond donors (Lipinski definition) is 2. The first kappa shape index (κ1) is 19.6. The van der Waals surface area contributed by atoms with E-state index in [1.54, 1.807) is 4.90 Å². The van der Waals surface area contributed by atoms with Gasteiger partial charge in [-0.3, -0.25) is 24.6 Å². The molecular formula is C22H26N4O3. The van der Waals surface area contributed by atoms with Crippen LogP contribution in [0, 0.1) is 12.3 Å². The molecule has 7 heteroatoms. The summed E-state index contributed by atoms with van der Waals surface area (Å²) >= 11 is 0. The molecule has 3 heterocycles. The van der Waals surface area contributed by atoms with Crippen molar-refractivity contribution in [3.8, 4) is 12.3 Å². The average molecular weight is 394 g/mol. The highest BCUT2D eigenvalue weighted by molar-refractivity contribution is 6.05. The van der Waals surface area contributed by atoms with Gasteiger partial charge in [-0.05, 0) is 43.5 Å². The molecule has 1 atom stereocenters. The van der Waals surface area contributed by atoms with Gasteiger partial charge in [0.15, 0.2) is 0 Å². The minimum atomic E-state index is -0.591. The van der Waals surface area contributed by atoms with Crippen LogP contribution < -0.4 is 10.6 Å². The molecule has 0 spiro atoms. The van der Waals surface area contributed by atoms with Gasteiger partial charge < -0.3 is 10.2 Å². The summed E-state index contributed by atoms with van der Waals surface area (Å²) in [7, 11) is 0. The van der Waals surface area contributed by atoms with E-state index in [9.17, 15) is 14.4 Å². The molecule has 0 radical (unpaired) electrons. The molecule has 1 aromatic rings. The van der Waals surface area contributed by atoms with Gasteiger partial charge in [0.05, 0.1) is 6.54 Å². The molecule has 2 saturated heterocycles. The number of fused-ring (bicyclic) bond motifs is 1. The number of amides is 3. The second kappa shape index (κ2) is 8.36. The Morgan fingerprint density at radius 3 is 2.69 bits per heavy atom. The van der Waals surface area contributed by atoms with Crippen LogP contribution in [0.25, 0.3) is 0 Å². The number of terminal acetylenes is 1.